The lowest BCUT2D eigenvalue weighted by Crippen LogP contribution is -2.28. The van der Waals surface area contributed by atoms with Gasteiger partial charge in [0.2, 0.25) is 0 Å². The van der Waals surface area contributed by atoms with Crippen LogP contribution in [0.5, 0.6) is 0 Å². The molecule has 0 aliphatic heterocycles. The van der Waals surface area contributed by atoms with E-state index < -0.39 is 0 Å². The summed E-state index contributed by atoms with van der Waals surface area (Å²) in [5, 5.41) is 3.48. The van der Waals surface area contributed by atoms with Crippen LogP contribution in [0.15, 0.2) is 18.5 Å². The maximum atomic E-state index is 4.31. The molecular weight excluding hydrogens is 248 g/mol. The largest absolute Gasteiger partial charge is 0.370 e. The fraction of sp³-hybridized carbons (Fsp3) is 0.688. The molecule has 1 N–H and O–H groups in total. The molecule has 0 saturated heterocycles. The lowest BCUT2D eigenvalue weighted by molar-refractivity contribution is 0.400. The first kappa shape index (κ1) is 16.9. The van der Waals surface area contributed by atoms with Crippen LogP contribution in [0.3, 0.4) is 0 Å². The van der Waals surface area contributed by atoms with Crippen LogP contribution in [0.4, 0.5) is 5.69 Å². The van der Waals surface area contributed by atoms with E-state index in [2.05, 4.69) is 54.1 Å². The van der Waals surface area contributed by atoms with E-state index >= 15 is 0 Å². The molecule has 20 heavy (non-hydrogen) atoms. The first-order chi connectivity index (χ1) is 9.69. The summed E-state index contributed by atoms with van der Waals surface area (Å²) in [6, 6.07) is 2.13. The van der Waals surface area contributed by atoms with Gasteiger partial charge >= 0.3 is 0 Å². The van der Waals surface area contributed by atoms with Crippen LogP contribution in [0.1, 0.15) is 32.3 Å². The van der Waals surface area contributed by atoms with E-state index in [1.807, 2.05) is 12.4 Å². The van der Waals surface area contributed by atoms with Crippen molar-refractivity contribution >= 4 is 5.69 Å². The highest BCUT2D eigenvalue weighted by Gasteiger charge is 2.09. The minimum Gasteiger partial charge on any atom is -0.370 e. The molecule has 0 amide bonds. The van der Waals surface area contributed by atoms with Crippen molar-refractivity contribution in [1.82, 2.24) is 15.2 Å². The van der Waals surface area contributed by atoms with Crippen LogP contribution in [-0.4, -0.2) is 50.2 Å². The van der Waals surface area contributed by atoms with Gasteiger partial charge in [-0.05, 0) is 58.6 Å². The topological polar surface area (TPSA) is 31.4 Å². The van der Waals surface area contributed by atoms with Gasteiger partial charge in [0.15, 0.2) is 0 Å². The molecule has 0 bridgehead atoms. The van der Waals surface area contributed by atoms with Gasteiger partial charge in [-0.1, -0.05) is 6.92 Å². The van der Waals surface area contributed by atoms with E-state index in [4.69, 9.17) is 0 Å². The third-order valence-electron chi connectivity index (χ3n) is 3.39. The smallest absolute Gasteiger partial charge is 0.0598 e. The highest BCUT2D eigenvalue weighted by molar-refractivity contribution is 5.51. The average molecular weight is 278 g/mol. The monoisotopic (exact) mass is 278 g/mol. The van der Waals surface area contributed by atoms with Gasteiger partial charge in [0.05, 0.1) is 11.9 Å². The van der Waals surface area contributed by atoms with E-state index in [0.29, 0.717) is 0 Å². The molecule has 0 radical (unpaired) electrons. The van der Waals surface area contributed by atoms with Crippen molar-refractivity contribution in [2.75, 3.05) is 45.2 Å². The van der Waals surface area contributed by atoms with Crippen LogP contribution in [0.25, 0.3) is 0 Å². The van der Waals surface area contributed by atoms with Crippen LogP contribution in [0, 0.1) is 0 Å². The van der Waals surface area contributed by atoms with Crippen molar-refractivity contribution < 1.29 is 0 Å². The lowest BCUT2D eigenvalue weighted by atomic mass is 10.2. The summed E-state index contributed by atoms with van der Waals surface area (Å²) in [4.78, 5) is 8.97. The van der Waals surface area contributed by atoms with E-state index in [1.54, 1.807) is 0 Å². The molecule has 1 rings (SSSR count). The van der Waals surface area contributed by atoms with Gasteiger partial charge in [-0.15, -0.1) is 0 Å². The highest BCUT2D eigenvalue weighted by atomic mass is 15.1. The molecule has 0 unspecified atom stereocenters. The van der Waals surface area contributed by atoms with E-state index in [0.717, 1.165) is 32.7 Å². The Labute approximate surface area is 124 Å². The average Bonchev–Trinajstić information content (AvgIpc) is 2.44. The Morgan fingerprint density at radius 1 is 1.20 bits per heavy atom. The molecule has 0 aliphatic rings. The van der Waals surface area contributed by atoms with Crippen molar-refractivity contribution in [1.29, 1.82) is 0 Å². The summed E-state index contributed by atoms with van der Waals surface area (Å²) in [6.45, 7) is 9.64. The number of nitrogens with zero attached hydrogens (tertiary/aromatic N) is 3. The van der Waals surface area contributed by atoms with E-state index in [1.165, 1.54) is 24.1 Å². The predicted molar refractivity (Wildman–Crippen MR) is 87.3 cm³/mol. The van der Waals surface area contributed by atoms with Gasteiger partial charge in [-0.3, -0.25) is 4.98 Å². The number of aromatic nitrogens is 1. The molecule has 0 atom stereocenters. The lowest BCUT2D eigenvalue weighted by Gasteiger charge is -2.26. The molecule has 1 heterocycles. The van der Waals surface area contributed by atoms with Crippen molar-refractivity contribution in [2.45, 2.75) is 33.2 Å². The second-order valence-electron chi connectivity index (χ2n) is 5.42. The SMILES string of the molecule is CCCNCc1ccncc1N(CC)CCCN(C)C. The number of nitrogens with one attached hydrogen (secondary N) is 1. The summed E-state index contributed by atoms with van der Waals surface area (Å²) in [7, 11) is 4.25. The Kier molecular flexibility index (Phi) is 8.23. The second-order valence-corrected chi connectivity index (χ2v) is 5.42. The molecule has 1 aromatic rings. The standard InChI is InChI=1S/C16H30N4/c1-5-9-17-13-15-8-10-18-14-16(15)20(6-2)12-7-11-19(3)4/h8,10,14,17H,5-7,9,11-13H2,1-4H3. The van der Waals surface area contributed by atoms with E-state index in [9.17, 15) is 0 Å². The Hall–Kier alpha value is -1.13. The number of pyridine rings is 1. The Balaban J connectivity index is 2.65. The van der Waals surface area contributed by atoms with Crippen molar-refractivity contribution in [3.05, 3.63) is 24.0 Å². The first-order valence-corrected chi connectivity index (χ1v) is 7.72. The summed E-state index contributed by atoms with van der Waals surface area (Å²) >= 11 is 0. The van der Waals surface area contributed by atoms with Gasteiger partial charge in [-0.2, -0.15) is 0 Å². The molecule has 114 valence electrons. The third kappa shape index (κ3) is 5.88. The molecule has 0 aliphatic carbocycles. The summed E-state index contributed by atoms with van der Waals surface area (Å²) in [5.74, 6) is 0. The third-order valence-corrected chi connectivity index (χ3v) is 3.39. The van der Waals surface area contributed by atoms with Crippen LogP contribution in [0.2, 0.25) is 0 Å². The molecular formula is C16H30N4. The fourth-order valence-corrected chi connectivity index (χ4v) is 2.28. The van der Waals surface area contributed by atoms with Gasteiger partial charge in [0.25, 0.3) is 0 Å². The highest BCUT2D eigenvalue weighted by Crippen LogP contribution is 2.19. The molecule has 0 aromatic carbocycles. The summed E-state index contributed by atoms with van der Waals surface area (Å²) in [6.07, 6.45) is 6.24. The van der Waals surface area contributed by atoms with Crippen LogP contribution < -0.4 is 10.2 Å². The zero-order valence-corrected chi connectivity index (χ0v) is 13.5. The van der Waals surface area contributed by atoms with Gasteiger partial charge in [-0.25, -0.2) is 0 Å². The Bertz CT molecular complexity index is 365. The zero-order chi connectivity index (χ0) is 14.8. The van der Waals surface area contributed by atoms with Gasteiger partial charge < -0.3 is 15.1 Å². The normalized spacial score (nSPS) is 11.1. The first-order valence-electron chi connectivity index (χ1n) is 7.72. The fourth-order valence-electron chi connectivity index (χ4n) is 2.28. The number of hydrogen-bond acceptors (Lipinski definition) is 4. The maximum absolute atomic E-state index is 4.31. The van der Waals surface area contributed by atoms with Gasteiger partial charge in [0.1, 0.15) is 0 Å². The predicted octanol–water partition coefficient (Wildman–Crippen LogP) is 2.36. The number of rotatable bonds is 10. The van der Waals surface area contributed by atoms with Crippen molar-refractivity contribution in [2.24, 2.45) is 0 Å². The van der Waals surface area contributed by atoms with Crippen LogP contribution >= 0.6 is 0 Å². The molecule has 4 heteroatoms. The minimum atomic E-state index is 0.926. The molecule has 0 saturated carbocycles. The number of anilines is 1. The van der Waals surface area contributed by atoms with Crippen LogP contribution in [-0.2, 0) is 6.54 Å². The van der Waals surface area contributed by atoms with Crippen molar-refractivity contribution in [3.8, 4) is 0 Å². The minimum absolute atomic E-state index is 0.926. The van der Waals surface area contributed by atoms with E-state index in [-0.39, 0.29) is 0 Å². The van der Waals surface area contributed by atoms with Crippen molar-refractivity contribution in [3.63, 3.8) is 0 Å². The Morgan fingerprint density at radius 2 is 2.00 bits per heavy atom. The molecule has 0 fully saturated rings. The molecule has 4 nitrogen and oxygen atoms in total. The molecule has 0 spiro atoms. The number of hydrogen-bond donors (Lipinski definition) is 1. The molecule has 1 aromatic heterocycles. The quantitative estimate of drug-likeness (QED) is 0.666. The maximum Gasteiger partial charge on any atom is 0.0598 e. The summed E-state index contributed by atoms with van der Waals surface area (Å²) < 4.78 is 0. The second kappa shape index (κ2) is 9.72. The summed E-state index contributed by atoms with van der Waals surface area (Å²) in [5.41, 5.74) is 2.62. The zero-order valence-electron chi connectivity index (χ0n) is 13.5. The Morgan fingerprint density at radius 3 is 2.65 bits per heavy atom. The van der Waals surface area contributed by atoms with Gasteiger partial charge in [0, 0.05) is 25.8 Å².